The molecule has 0 bridgehead atoms. The zero-order chi connectivity index (χ0) is 29.2. The van der Waals surface area contributed by atoms with Crippen molar-refractivity contribution in [2.75, 3.05) is 6.16 Å². The summed E-state index contributed by atoms with van der Waals surface area (Å²) in [5.41, 5.74) is 15.0. The second kappa shape index (κ2) is 14.0. The average Bonchev–Trinajstić information content (AvgIpc) is 3.45. The summed E-state index contributed by atoms with van der Waals surface area (Å²) in [7, 11) is -4.01. The van der Waals surface area contributed by atoms with Crippen LogP contribution in [0.4, 0.5) is 0 Å². The third-order valence-corrected chi connectivity index (χ3v) is 9.22. The first-order valence-electron chi connectivity index (χ1n) is 13.5. The van der Waals surface area contributed by atoms with Crippen LogP contribution in [0.2, 0.25) is 0 Å². The van der Waals surface area contributed by atoms with Gasteiger partial charge in [0, 0.05) is 30.6 Å². The molecule has 41 heavy (non-hydrogen) atoms. The van der Waals surface area contributed by atoms with Gasteiger partial charge in [-0.3, -0.25) is 14.2 Å². The van der Waals surface area contributed by atoms with Crippen molar-refractivity contribution in [3.8, 4) is 11.3 Å². The molecule has 0 aliphatic heterocycles. The Bertz CT molecular complexity index is 1460. The van der Waals surface area contributed by atoms with Crippen LogP contribution in [0.1, 0.15) is 23.3 Å². The summed E-state index contributed by atoms with van der Waals surface area (Å²) in [6.07, 6.45) is 0.561. The van der Waals surface area contributed by atoms with Gasteiger partial charge in [-0.2, -0.15) is 0 Å². The van der Waals surface area contributed by atoms with E-state index in [0.29, 0.717) is 17.9 Å². The molecule has 0 aliphatic rings. The number of hydrogen-bond acceptors (Lipinski definition) is 6. The predicted octanol–water partition coefficient (Wildman–Crippen LogP) is 3.90. The number of benzene rings is 3. The second-order valence-corrected chi connectivity index (χ2v) is 12.7. The van der Waals surface area contributed by atoms with Crippen LogP contribution in [0.25, 0.3) is 11.3 Å². The largest absolute Gasteiger partial charge is 0.368 e. The van der Waals surface area contributed by atoms with Crippen LogP contribution in [0.5, 0.6) is 0 Å². The van der Waals surface area contributed by atoms with E-state index >= 15 is 0 Å². The zero-order valence-electron chi connectivity index (χ0n) is 22.6. The van der Waals surface area contributed by atoms with Gasteiger partial charge in [-0.15, -0.1) is 0 Å². The third-order valence-electron chi connectivity index (χ3n) is 6.96. The van der Waals surface area contributed by atoms with E-state index in [4.69, 9.17) is 16.0 Å². The molecule has 0 radical (unpaired) electrons. The van der Waals surface area contributed by atoms with Gasteiger partial charge in [0.1, 0.15) is 17.5 Å². The monoisotopic (exact) mass is 574 g/mol. The number of amides is 2. The number of nitrogens with two attached hydrogens (primary N) is 2. The SMILES string of the molecule is NC(=O)[C@H](Cc1ccccc1)NC(=O)[C@@H](Cc1cc(-c2ccccc2)no1)CP(=O)(O)[C@@H](N)CCc1ccccc1. The van der Waals surface area contributed by atoms with E-state index in [0.717, 1.165) is 16.7 Å². The van der Waals surface area contributed by atoms with E-state index in [-0.39, 0.29) is 19.3 Å². The van der Waals surface area contributed by atoms with Crippen LogP contribution in [0.15, 0.2) is 102 Å². The molecule has 4 rings (SSSR count). The van der Waals surface area contributed by atoms with Gasteiger partial charge in [0.2, 0.25) is 19.2 Å². The first kappa shape index (κ1) is 29.9. The molecule has 10 heteroatoms. The molecule has 214 valence electrons. The van der Waals surface area contributed by atoms with Crippen molar-refractivity contribution >= 4 is 19.2 Å². The van der Waals surface area contributed by atoms with Crippen molar-refractivity contribution in [1.82, 2.24) is 10.5 Å². The number of rotatable bonds is 14. The standard InChI is InChI=1S/C31H35N4O5P/c32-29(17-16-22-10-4-1-5-11-22)41(38,39)21-25(19-26-20-27(35-40-26)24-14-8-3-9-15-24)31(37)34-28(30(33)36)18-23-12-6-2-7-13-23/h1-15,20,25,28-29H,16-19,21,32H2,(H2,33,36)(H,34,37)(H,38,39)/t25-,28-,29+/m0/s1. The average molecular weight is 575 g/mol. The quantitative estimate of drug-likeness (QED) is 0.166. The maximum Gasteiger partial charge on any atom is 0.240 e. The fourth-order valence-electron chi connectivity index (χ4n) is 4.61. The zero-order valence-corrected chi connectivity index (χ0v) is 23.5. The third kappa shape index (κ3) is 8.72. The number of nitrogens with one attached hydrogen (secondary N) is 1. The van der Waals surface area contributed by atoms with Crippen molar-refractivity contribution in [3.05, 3.63) is 114 Å². The molecule has 0 saturated heterocycles. The van der Waals surface area contributed by atoms with Gasteiger partial charge in [0.05, 0.1) is 11.7 Å². The van der Waals surface area contributed by atoms with Crippen LogP contribution in [0, 0.1) is 5.92 Å². The number of nitrogens with zero attached hydrogens (tertiary/aromatic N) is 1. The van der Waals surface area contributed by atoms with E-state index in [9.17, 15) is 19.0 Å². The summed E-state index contributed by atoms with van der Waals surface area (Å²) < 4.78 is 19.0. The fourth-order valence-corrected chi connectivity index (χ4v) is 6.34. The van der Waals surface area contributed by atoms with Crippen LogP contribution < -0.4 is 16.8 Å². The molecule has 1 unspecified atom stereocenters. The maximum atomic E-state index is 13.6. The molecular formula is C31H35N4O5P. The van der Waals surface area contributed by atoms with E-state index in [1.54, 1.807) is 6.07 Å². The van der Waals surface area contributed by atoms with Gasteiger partial charge in [-0.05, 0) is 24.0 Å². The minimum atomic E-state index is -4.01. The summed E-state index contributed by atoms with van der Waals surface area (Å²) in [5.74, 6) is -3.00. The normalized spacial score (nSPS) is 14.9. The van der Waals surface area contributed by atoms with Gasteiger partial charge in [-0.25, -0.2) is 0 Å². The molecule has 1 heterocycles. The number of aromatic nitrogens is 1. The molecule has 4 atom stereocenters. The lowest BCUT2D eigenvalue weighted by Gasteiger charge is -2.25. The van der Waals surface area contributed by atoms with Crippen molar-refractivity contribution in [2.24, 2.45) is 17.4 Å². The van der Waals surface area contributed by atoms with Gasteiger partial charge < -0.3 is 26.2 Å². The highest BCUT2D eigenvalue weighted by Gasteiger charge is 2.36. The molecule has 0 spiro atoms. The summed E-state index contributed by atoms with van der Waals surface area (Å²) in [6, 6.07) is 28.8. The Kier molecular flexibility index (Phi) is 10.2. The topological polar surface area (TPSA) is 162 Å². The highest BCUT2D eigenvalue weighted by Crippen LogP contribution is 2.47. The fraction of sp³-hybridized carbons (Fsp3) is 0.258. The molecule has 0 saturated carbocycles. The second-order valence-electron chi connectivity index (χ2n) is 10.1. The lowest BCUT2D eigenvalue weighted by molar-refractivity contribution is -0.129. The van der Waals surface area contributed by atoms with E-state index in [1.807, 2.05) is 91.0 Å². The molecule has 0 fully saturated rings. The van der Waals surface area contributed by atoms with E-state index < -0.39 is 43.1 Å². The van der Waals surface area contributed by atoms with Crippen LogP contribution >= 0.6 is 7.37 Å². The number of aryl methyl sites for hydroxylation is 1. The molecule has 6 N–H and O–H groups in total. The predicted molar refractivity (Wildman–Crippen MR) is 158 cm³/mol. The Morgan fingerprint density at radius 2 is 1.49 bits per heavy atom. The van der Waals surface area contributed by atoms with Crippen molar-refractivity contribution in [3.63, 3.8) is 0 Å². The Morgan fingerprint density at radius 3 is 2.10 bits per heavy atom. The molecule has 4 aromatic rings. The maximum absolute atomic E-state index is 13.6. The summed E-state index contributed by atoms with van der Waals surface area (Å²) in [6.45, 7) is 0. The molecule has 2 amide bonds. The van der Waals surface area contributed by atoms with E-state index in [2.05, 4.69) is 10.5 Å². The number of carbonyl (C=O) groups excluding carboxylic acids is 2. The van der Waals surface area contributed by atoms with Gasteiger partial charge in [0.15, 0.2) is 0 Å². The molecule has 3 aromatic carbocycles. The molecule has 9 nitrogen and oxygen atoms in total. The van der Waals surface area contributed by atoms with Gasteiger partial charge in [0.25, 0.3) is 0 Å². The summed E-state index contributed by atoms with van der Waals surface area (Å²) in [4.78, 5) is 36.8. The molecule has 0 aliphatic carbocycles. The minimum absolute atomic E-state index is 0.0154. The van der Waals surface area contributed by atoms with Crippen LogP contribution in [-0.4, -0.2) is 39.9 Å². The summed E-state index contributed by atoms with van der Waals surface area (Å²) >= 11 is 0. The molecule has 1 aromatic heterocycles. The molecular weight excluding hydrogens is 539 g/mol. The van der Waals surface area contributed by atoms with Crippen molar-refractivity contribution in [2.45, 2.75) is 37.5 Å². The minimum Gasteiger partial charge on any atom is -0.368 e. The highest BCUT2D eigenvalue weighted by atomic mass is 31.2. The van der Waals surface area contributed by atoms with Gasteiger partial charge >= 0.3 is 0 Å². The highest BCUT2D eigenvalue weighted by molar-refractivity contribution is 7.58. The number of carbonyl (C=O) groups is 2. The van der Waals surface area contributed by atoms with Gasteiger partial charge in [-0.1, -0.05) is 96.2 Å². The van der Waals surface area contributed by atoms with Crippen LogP contribution in [0.3, 0.4) is 0 Å². The van der Waals surface area contributed by atoms with E-state index in [1.165, 1.54) is 0 Å². The lowest BCUT2D eigenvalue weighted by Crippen LogP contribution is -2.49. The smallest absolute Gasteiger partial charge is 0.240 e. The van der Waals surface area contributed by atoms with Crippen LogP contribution in [-0.2, 0) is 33.4 Å². The first-order chi connectivity index (χ1) is 19.7. The Labute approximate surface area is 239 Å². The Balaban J connectivity index is 1.52. The Hall–Kier alpha value is -4.04. The lowest BCUT2D eigenvalue weighted by atomic mass is 10.0. The Morgan fingerprint density at radius 1 is 0.902 bits per heavy atom. The summed E-state index contributed by atoms with van der Waals surface area (Å²) in [5, 5.41) is 6.80. The number of primary amides is 1. The first-order valence-corrected chi connectivity index (χ1v) is 15.4. The van der Waals surface area contributed by atoms with Crippen molar-refractivity contribution < 1.29 is 23.6 Å². The number of hydrogen-bond donors (Lipinski definition) is 4. The van der Waals surface area contributed by atoms with Crippen molar-refractivity contribution in [1.29, 1.82) is 0 Å².